The maximum Gasteiger partial charge on any atom is 0.252 e. The highest BCUT2D eigenvalue weighted by Crippen LogP contribution is 2.43. The summed E-state index contributed by atoms with van der Waals surface area (Å²) in [5.41, 5.74) is 6.81. The number of carbonyl (C=O) groups excluding carboxylic acids is 1. The van der Waals surface area contributed by atoms with Gasteiger partial charge in [0.2, 0.25) is 5.91 Å². The van der Waals surface area contributed by atoms with Crippen molar-refractivity contribution in [1.82, 2.24) is 19.7 Å². The zero-order valence-corrected chi connectivity index (χ0v) is 17.8. The molecular weight excluding hydrogens is 386 g/mol. The molecule has 6 heteroatoms. The van der Waals surface area contributed by atoms with E-state index in [1.807, 2.05) is 56.3 Å². The van der Waals surface area contributed by atoms with Gasteiger partial charge in [-0.3, -0.25) is 4.79 Å². The number of fused-ring (bicyclic) bond motifs is 1. The fraction of sp³-hybridized carbons (Fsp3) is 0.200. The van der Waals surface area contributed by atoms with Crippen LogP contribution in [0.4, 0.5) is 5.82 Å². The average molecular weight is 409 g/mol. The lowest BCUT2D eigenvalue weighted by molar-refractivity contribution is -0.116. The Balaban J connectivity index is 1.79. The summed E-state index contributed by atoms with van der Waals surface area (Å²) < 4.78 is 1.68. The third-order valence-corrected chi connectivity index (χ3v) is 5.57. The molecule has 0 bridgehead atoms. The van der Waals surface area contributed by atoms with Crippen LogP contribution in [0.1, 0.15) is 40.4 Å². The van der Waals surface area contributed by atoms with Gasteiger partial charge in [0.1, 0.15) is 5.82 Å². The third kappa shape index (κ3) is 3.50. The van der Waals surface area contributed by atoms with E-state index in [2.05, 4.69) is 40.4 Å². The lowest BCUT2D eigenvalue weighted by Crippen LogP contribution is -2.25. The number of amides is 1. The highest BCUT2D eigenvalue weighted by Gasteiger charge is 2.35. The Bertz CT molecular complexity index is 1270. The second kappa shape index (κ2) is 7.47. The summed E-state index contributed by atoms with van der Waals surface area (Å²) in [6.45, 7) is 5.93. The van der Waals surface area contributed by atoms with Crippen LogP contribution < -0.4 is 5.32 Å². The number of nitrogens with one attached hydrogen (secondary N) is 1. The fourth-order valence-corrected chi connectivity index (χ4v) is 4.28. The van der Waals surface area contributed by atoms with E-state index in [9.17, 15) is 4.79 Å². The van der Waals surface area contributed by atoms with Crippen molar-refractivity contribution in [2.24, 2.45) is 0 Å². The number of aromatic nitrogens is 4. The smallest absolute Gasteiger partial charge is 0.252 e. The van der Waals surface area contributed by atoms with Crippen LogP contribution in [-0.4, -0.2) is 25.7 Å². The van der Waals surface area contributed by atoms with Gasteiger partial charge in [-0.25, -0.2) is 9.97 Å². The second-order valence-electron chi connectivity index (χ2n) is 8.06. The Morgan fingerprint density at radius 2 is 1.68 bits per heavy atom. The van der Waals surface area contributed by atoms with Crippen LogP contribution >= 0.6 is 0 Å². The van der Waals surface area contributed by atoms with Crippen molar-refractivity contribution in [3.63, 3.8) is 0 Å². The van der Waals surface area contributed by atoms with Gasteiger partial charge < -0.3 is 5.32 Å². The summed E-state index contributed by atoms with van der Waals surface area (Å²) in [5, 5.41) is 7.98. The van der Waals surface area contributed by atoms with Gasteiger partial charge >= 0.3 is 0 Å². The summed E-state index contributed by atoms with van der Waals surface area (Å²) >= 11 is 0. The molecule has 0 saturated carbocycles. The number of hydrogen-bond acceptors (Lipinski definition) is 4. The molecule has 5 rings (SSSR count). The van der Waals surface area contributed by atoms with Crippen molar-refractivity contribution in [3.05, 3.63) is 88.7 Å². The summed E-state index contributed by atoms with van der Waals surface area (Å²) in [6.07, 6.45) is 0.371. The Labute approximate surface area is 181 Å². The second-order valence-corrected chi connectivity index (χ2v) is 8.06. The summed E-state index contributed by atoms with van der Waals surface area (Å²) in [5.74, 6) is 0.968. The Morgan fingerprint density at radius 3 is 2.39 bits per heavy atom. The quantitative estimate of drug-likeness (QED) is 0.531. The number of rotatable bonds is 3. The van der Waals surface area contributed by atoms with Crippen LogP contribution in [0.2, 0.25) is 0 Å². The fourth-order valence-electron chi connectivity index (χ4n) is 4.28. The first-order valence-electron chi connectivity index (χ1n) is 10.4. The number of carbonyl (C=O) groups is 1. The van der Waals surface area contributed by atoms with E-state index in [4.69, 9.17) is 5.10 Å². The highest BCUT2D eigenvalue weighted by atomic mass is 16.1. The number of nitrogens with zero attached hydrogens (tertiary/aromatic N) is 4. The SMILES string of the molecule is Cc1cccc(C2CC(=O)Nc3c2c(-c2ccccc2)nn3-c2nc(C)cc(C)n2)c1. The topological polar surface area (TPSA) is 72.7 Å². The molecule has 1 N–H and O–H groups in total. The van der Waals surface area contributed by atoms with E-state index in [1.54, 1.807) is 4.68 Å². The molecule has 4 aromatic rings. The average Bonchev–Trinajstić information content (AvgIpc) is 3.12. The van der Waals surface area contributed by atoms with E-state index in [-0.39, 0.29) is 11.8 Å². The Kier molecular flexibility index (Phi) is 4.62. The van der Waals surface area contributed by atoms with E-state index >= 15 is 0 Å². The van der Waals surface area contributed by atoms with Crippen molar-refractivity contribution >= 4 is 11.7 Å². The molecule has 0 spiro atoms. The molecule has 1 amide bonds. The molecule has 1 aliphatic heterocycles. The molecule has 1 atom stereocenters. The van der Waals surface area contributed by atoms with Crippen LogP contribution in [0.25, 0.3) is 17.2 Å². The minimum Gasteiger partial charge on any atom is -0.310 e. The van der Waals surface area contributed by atoms with Crippen molar-refractivity contribution in [3.8, 4) is 17.2 Å². The highest BCUT2D eigenvalue weighted by molar-refractivity contribution is 5.96. The molecule has 2 aromatic carbocycles. The van der Waals surface area contributed by atoms with Gasteiger partial charge in [-0.1, -0.05) is 60.2 Å². The summed E-state index contributed by atoms with van der Waals surface area (Å²) in [6, 6.07) is 20.3. The van der Waals surface area contributed by atoms with E-state index in [0.717, 1.165) is 39.3 Å². The van der Waals surface area contributed by atoms with Gasteiger partial charge in [0.05, 0.1) is 5.69 Å². The first kappa shape index (κ1) is 19.2. The largest absolute Gasteiger partial charge is 0.310 e. The van der Waals surface area contributed by atoms with Gasteiger partial charge in [-0.2, -0.15) is 9.78 Å². The summed E-state index contributed by atoms with van der Waals surface area (Å²) in [4.78, 5) is 22.0. The minimum absolute atomic E-state index is 0.0378. The molecule has 6 nitrogen and oxygen atoms in total. The lowest BCUT2D eigenvalue weighted by atomic mass is 9.84. The molecule has 1 aliphatic rings. The van der Waals surface area contributed by atoms with Crippen LogP contribution in [-0.2, 0) is 4.79 Å². The molecule has 0 fully saturated rings. The van der Waals surface area contributed by atoms with Crippen molar-refractivity contribution in [2.75, 3.05) is 5.32 Å². The van der Waals surface area contributed by atoms with Crippen molar-refractivity contribution in [2.45, 2.75) is 33.1 Å². The zero-order chi connectivity index (χ0) is 21.5. The van der Waals surface area contributed by atoms with Crippen LogP contribution in [0.15, 0.2) is 60.7 Å². The van der Waals surface area contributed by atoms with E-state index in [0.29, 0.717) is 18.2 Å². The maximum atomic E-state index is 12.8. The molecule has 154 valence electrons. The first-order valence-corrected chi connectivity index (χ1v) is 10.4. The normalized spacial score (nSPS) is 15.5. The summed E-state index contributed by atoms with van der Waals surface area (Å²) in [7, 11) is 0. The molecule has 31 heavy (non-hydrogen) atoms. The van der Waals surface area contributed by atoms with Gasteiger partial charge in [0.25, 0.3) is 5.95 Å². The van der Waals surface area contributed by atoms with Crippen LogP contribution in [0.5, 0.6) is 0 Å². The molecule has 0 saturated heterocycles. The third-order valence-electron chi connectivity index (χ3n) is 5.57. The van der Waals surface area contributed by atoms with Gasteiger partial charge in [0, 0.05) is 34.9 Å². The monoisotopic (exact) mass is 409 g/mol. The van der Waals surface area contributed by atoms with Gasteiger partial charge in [0.15, 0.2) is 0 Å². The predicted octanol–water partition coefficient (Wildman–Crippen LogP) is 4.73. The minimum atomic E-state index is -0.0986. The number of aryl methyl sites for hydroxylation is 3. The number of benzene rings is 2. The number of anilines is 1. The van der Waals surface area contributed by atoms with Crippen LogP contribution in [0, 0.1) is 20.8 Å². The molecule has 3 heterocycles. The van der Waals surface area contributed by atoms with E-state index < -0.39 is 0 Å². The van der Waals surface area contributed by atoms with Gasteiger partial charge in [-0.15, -0.1) is 0 Å². The van der Waals surface area contributed by atoms with E-state index in [1.165, 1.54) is 0 Å². The molecule has 2 aromatic heterocycles. The van der Waals surface area contributed by atoms with Gasteiger partial charge in [-0.05, 0) is 32.4 Å². The molecule has 0 aliphatic carbocycles. The zero-order valence-electron chi connectivity index (χ0n) is 17.8. The Morgan fingerprint density at radius 1 is 0.935 bits per heavy atom. The molecule has 0 radical (unpaired) electrons. The molecule has 1 unspecified atom stereocenters. The van der Waals surface area contributed by atoms with Crippen molar-refractivity contribution < 1.29 is 4.79 Å². The lowest BCUT2D eigenvalue weighted by Gasteiger charge is -2.25. The predicted molar refractivity (Wildman–Crippen MR) is 120 cm³/mol. The number of hydrogen-bond donors (Lipinski definition) is 1. The Hall–Kier alpha value is -3.80. The van der Waals surface area contributed by atoms with Crippen molar-refractivity contribution in [1.29, 1.82) is 0 Å². The molecular formula is C25H23N5O. The first-order chi connectivity index (χ1) is 15.0. The standard InChI is InChI=1S/C25H23N5O/c1-15-8-7-11-19(12-15)20-14-21(31)28-24-22(20)23(18-9-5-4-6-10-18)29-30(24)25-26-16(2)13-17(3)27-25/h4-13,20H,14H2,1-3H3,(H,28,31). The van der Waals surface area contributed by atoms with Crippen LogP contribution in [0.3, 0.4) is 0 Å². The maximum absolute atomic E-state index is 12.8.